The Kier molecular flexibility index (Phi) is 4.60. The van der Waals surface area contributed by atoms with E-state index < -0.39 is 16.0 Å². The zero-order valence-electron chi connectivity index (χ0n) is 13.1. The number of nitrogens with one attached hydrogen (secondary N) is 2. The maximum Gasteiger partial charge on any atom is 0.306 e. The molecule has 1 saturated carbocycles. The molecule has 0 atom stereocenters. The van der Waals surface area contributed by atoms with Crippen LogP contribution in [0.3, 0.4) is 0 Å². The molecule has 1 aliphatic carbocycles. The topological polar surface area (TPSA) is 113 Å². The van der Waals surface area contributed by atoms with Crippen molar-refractivity contribution in [2.24, 2.45) is 5.92 Å². The van der Waals surface area contributed by atoms with Gasteiger partial charge in [-0.05, 0) is 55.9 Å². The zero-order chi connectivity index (χ0) is 17.3. The van der Waals surface area contributed by atoms with E-state index in [0.29, 0.717) is 44.2 Å². The summed E-state index contributed by atoms with van der Waals surface area (Å²) >= 11 is 0. The molecule has 2 aliphatic rings. The molecule has 8 heteroatoms. The summed E-state index contributed by atoms with van der Waals surface area (Å²) in [6, 6.07) is 4.46. The highest BCUT2D eigenvalue weighted by molar-refractivity contribution is 7.89. The standard InChI is InChI=1S/C16H20N2O5S/c19-15-8-3-11-9-13(6-7-14(11)17-15)24(22,23)18-12-4-1-10(2-5-12)16(20)21/h6-7,9-10,12,18H,1-5,8H2,(H,17,19)(H,20,21). The molecular formula is C16H20N2O5S. The van der Waals surface area contributed by atoms with E-state index in [-0.39, 0.29) is 22.8 Å². The number of hydrogen-bond donors (Lipinski definition) is 3. The van der Waals surface area contributed by atoms with Crippen LogP contribution < -0.4 is 10.0 Å². The molecule has 0 spiro atoms. The smallest absolute Gasteiger partial charge is 0.306 e. The van der Waals surface area contributed by atoms with Gasteiger partial charge in [-0.15, -0.1) is 0 Å². The first-order valence-electron chi connectivity index (χ1n) is 8.03. The molecule has 1 aromatic carbocycles. The zero-order valence-corrected chi connectivity index (χ0v) is 13.9. The molecule has 24 heavy (non-hydrogen) atoms. The van der Waals surface area contributed by atoms with Gasteiger partial charge in [0, 0.05) is 18.2 Å². The minimum atomic E-state index is -3.65. The predicted octanol–water partition coefficient (Wildman–Crippen LogP) is 1.49. The molecule has 0 bridgehead atoms. The van der Waals surface area contributed by atoms with E-state index in [2.05, 4.69) is 10.0 Å². The van der Waals surface area contributed by atoms with Crippen LogP contribution in [0.2, 0.25) is 0 Å². The number of fused-ring (bicyclic) bond motifs is 1. The second-order valence-corrected chi connectivity index (χ2v) is 8.09. The van der Waals surface area contributed by atoms with Crippen molar-refractivity contribution in [3.63, 3.8) is 0 Å². The van der Waals surface area contributed by atoms with Gasteiger partial charge in [-0.3, -0.25) is 9.59 Å². The van der Waals surface area contributed by atoms with E-state index >= 15 is 0 Å². The molecule has 1 amide bonds. The SMILES string of the molecule is O=C1CCc2cc(S(=O)(=O)NC3CCC(C(=O)O)CC3)ccc2N1. The van der Waals surface area contributed by atoms with Gasteiger partial charge >= 0.3 is 5.97 Å². The molecule has 7 nitrogen and oxygen atoms in total. The van der Waals surface area contributed by atoms with E-state index in [1.165, 1.54) is 6.07 Å². The van der Waals surface area contributed by atoms with Crippen LogP contribution >= 0.6 is 0 Å². The molecule has 130 valence electrons. The van der Waals surface area contributed by atoms with E-state index in [9.17, 15) is 18.0 Å². The summed E-state index contributed by atoms with van der Waals surface area (Å²) in [5.74, 6) is -1.25. The number of carboxylic acid groups (broad SMARTS) is 1. The number of aryl methyl sites for hydroxylation is 1. The molecule has 0 unspecified atom stereocenters. The van der Waals surface area contributed by atoms with E-state index in [0.717, 1.165) is 5.56 Å². The highest BCUT2D eigenvalue weighted by Crippen LogP contribution is 2.28. The molecule has 0 aromatic heterocycles. The fourth-order valence-electron chi connectivity index (χ4n) is 3.27. The molecule has 3 N–H and O–H groups in total. The number of aliphatic carboxylic acids is 1. The van der Waals surface area contributed by atoms with E-state index in [1.54, 1.807) is 12.1 Å². The van der Waals surface area contributed by atoms with Gasteiger partial charge in [0.05, 0.1) is 10.8 Å². The van der Waals surface area contributed by atoms with Crippen LogP contribution in [-0.4, -0.2) is 31.4 Å². The van der Waals surface area contributed by atoms with Gasteiger partial charge in [0.2, 0.25) is 15.9 Å². The third-order valence-electron chi connectivity index (χ3n) is 4.68. The van der Waals surface area contributed by atoms with Crippen molar-refractivity contribution in [3.05, 3.63) is 23.8 Å². The number of carbonyl (C=O) groups excluding carboxylic acids is 1. The summed E-state index contributed by atoms with van der Waals surface area (Å²) in [6.45, 7) is 0. The number of benzene rings is 1. The summed E-state index contributed by atoms with van der Waals surface area (Å²) < 4.78 is 27.8. The van der Waals surface area contributed by atoms with Gasteiger partial charge in [-0.1, -0.05) is 0 Å². The Bertz CT molecular complexity index is 767. The number of carboxylic acids is 1. The van der Waals surface area contributed by atoms with Crippen LogP contribution in [0.5, 0.6) is 0 Å². The van der Waals surface area contributed by atoms with E-state index in [4.69, 9.17) is 5.11 Å². The Balaban J connectivity index is 1.70. The van der Waals surface area contributed by atoms with Gasteiger partial charge in [-0.2, -0.15) is 0 Å². The second-order valence-electron chi connectivity index (χ2n) is 6.38. The molecule has 0 radical (unpaired) electrons. The number of rotatable bonds is 4. The molecule has 1 fully saturated rings. The van der Waals surface area contributed by atoms with Gasteiger partial charge < -0.3 is 10.4 Å². The number of anilines is 1. The third kappa shape index (κ3) is 3.59. The van der Waals surface area contributed by atoms with Crippen molar-refractivity contribution in [3.8, 4) is 0 Å². The average Bonchev–Trinajstić information content (AvgIpc) is 2.54. The first-order chi connectivity index (χ1) is 11.3. The monoisotopic (exact) mass is 352 g/mol. The fourth-order valence-corrected chi connectivity index (χ4v) is 4.63. The lowest BCUT2D eigenvalue weighted by Crippen LogP contribution is -2.38. The normalized spacial score (nSPS) is 24.1. The predicted molar refractivity (Wildman–Crippen MR) is 87.1 cm³/mol. The summed E-state index contributed by atoms with van der Waals surface area (Å²) in [5, 5.41) is 11.7. The maximum absolute atomic E-state index is 12.6. The van der Waals surface area contributed by atoms with E-state index in [1.807, 2.05) is 0 Å². The lowest BCUT2D eigenvalue weighted by molar-refractivity contribution is -0.142. The maximum atomic E-state index is 12.6. The van der Waals surface area contributed by atoms with Crippen molar-refractivity contribution in [1.82, 2.24) is 4.72 Å². The van der Waals surface area contributed by atoms with Crippen molar-refractivity contribution in [1.29, 1.82) is 0 Å². The number of amides is 1. The lowest BCUT2D eigenvalue weighted by atomic mass is 9.87. The Morgan fingerprint density at radius 2 is 1.88 bits per heavy atom. The van der Waals surface area contributed by atoms with Gasteiger partial charge in [-0.25, -0.2) is 13.1 Å². The first kappa shape index (κ1) is 16.9. The molecule has 0 saturated heterocycles. The van der Waals surface area contributed by atoms with Crippen LogP contribution in [-0.2, 0) is 26.0 Å². The highest BCUT2D eigenvalue weighted by atomic mass is 32.2. The number of sulfonamides is 1. The summed E-state index contributed by atoms with van der Waals surface area (Å²) in [5.41, 5.74) is 1.47. The molecule has 1 aromatic rings. The lowest BCUT2D eigenvalue weighted by Gasteiger charge is -2.26. The first-order valence-corrected chi connectivity index (χ1v) is 9.51. The van der Waals surface area contributed by atoms with Gasteiger partial charge in [0.1, 0.15) is 0 Å². The molecule has 1 heterocycles. The quantitative estimate of drug-likeness (QED) is 0.760. The van der Waals surface area contributed by atoms with Crippen molar-refractivity contribution in [2.45, 2.75) is 49.5 Å². The Morgan fingerprint density at radius 1 is 1.17 bits per heavy atom. The van der Waals surface area contributed by atoms with Crippen LogP contribution in [0.4, 0.5) is 5.69 Å². The fraction of sp³-hybridized carbons (Fsp3) is 0.500. The van der Waals surface area contributed by atoms with Crippen LogP contribution in [0.1, 0.15) is 37.7 Å². The molecule has 1 aliphatic heterocycles. The Morgan fingerprint density at radius 3 is 2.54 bits per heavy atom. The van der Waals surface area contributed by atoms with Crippen LogP contribution in [0, 0.1) is 5.92 Å². The average molecular weight is 352 g/mol. The van der Waals surface area contributed by atoms with Crippen molar-refractivity contribution >= 4 is 27.6 Å². The second kappa shape index (κ2) is 6.52. The Hall–Kier alpha value is -1.93. The number of carbonyl (C=O) groups is 2. The minimum Gasteiger partial charge on any atom is -0.481 e. The van der Waals surface area contributed by atoms with Crippen molar-refractivity contribution < 1.29 is 23.1 Å². The van der Waals surface area contributed by atoms with Crippen molar-refractivity contribution in [2.75, 3.05) is 5.32 Å². The van der Waals surface area contributed by atoms with Crippen LogP contribution in [0.25, 0.3) is 0 Å². The van der Waals surface area contributed by atoms with Gasteiger partial charge in [0.15, 0.2) is 0 Å². The summed E-state index contributed by atoms with van der Waals surface area (Å²) in [7, 11) is -3.65. The summed E-state index contributed by atoms with van der Waals surface area (Å²) in [6.07, 6.45) is 2.89. The van der Waals surface area contributed by atoms with Crippen LogP contribution in [0.15, 0.2) is 23.1 Å². The molecule has 3 rings (SSSR count). The number of hydrogen-bond acceptors (Lipinski definition) is 4. The molecular weight excluding hydrogens is 332 g/mol. The largest absolute Gasteiger partial charge is 0.481 e. The summed E-state index contributed by atoms with van der Waals surface area (Å²) in [4.78, 5) is 22.5. The van der Waals surface area contributed by atoms with Gasteiger partial charge in [0.25, 0.3) is 0 Å². The Labute approximate surface area is 140 Å². The third-order valence-corrected chi connectivity index (χ3v) is 6.20. The highest BCUT2D eigenvalue weighted by Gasteiger charge is 2.29. The minimum absolute atomic E-state index is 0.0635.